The lowest BCUT2D eigenvalue weighted by Crippen LogP contribution is -2.10. The van der Waals surface area contributed by atoms with Crippen molar-refractivity contribution in [2.24, 2.45) is 5.92 Å². The Bertz CT molecular complexity index is 2300. The molecule has 0 fully saturated rings. The maximum atomic E-state index is 10.1. The number of hydrogen-bond acceptors (Lipinski definition) is 2. The molecule has 214 valence electrons. The molecule has 0 radical (unpaired) electrons. The number of rotatable bonds is 3. The molecule has 45 heavy (non-hydrogen) atoms. The summed E-state index contributed by atoms with van der Waals surface area (Å²) in [7, 11) is 0. The largest absolute Gasteiger partial charge is 0.309 e. The molecule has 8 rings (SSSR count). The number of allylic oxidation sites excluding steroid dienone is 10. The zero-order valence-electron chi connectivity index (χ0n) is 25.2. The van der Waals surface area contributed by atoms with Crippen molar-refractivity contribution >= 4 is 33.0 Å². The van der Waals surface area contributed by atoms with Crippen molar-refractivity contribution in [3.8, 4) is 17.8 Å². The summed E-state index contributed by atoms with van der Waals surface area (Å²) in [5.74, 6) is 0.374. The van der Waals surface area contributed by atoms with Crippen LogP contribution in [0, 0.1) is 28.6 Å². The fraction of sp³-hybridized carbons (Fsp3) is 0.143. The molecule has 3 aliphatic carbocycles. The van der Waals surface area contributed by atoms with Gasteiger partial charge in [-0.2, -0.15) is 10.5 Å². The van der Waals surface area contributed by atoms with E-state index in [2.05, 4.69) is 96.5 Å². The van der Waals surface area contributed by atoms with Crippen LogP contribution in [0.2, 0.25) is 0 Å². The van der Waals surface area contributed by atoms with Crippen LogP contribution in [0.5, 0.6) is 0 Å². The van der Waals surface area contributed by atoms with Crippen LogP contribution >= 0.6 is 0 Å². The highest BCUT2D eigenvalue weighted by Crippen LogP contribution is 2.42. The zero-order chi connectivity index (χ0) is 30.5. The van der Waals surface area contributed by atoms with E-state index in [0.717, 1.165) is 64.3 Å². The average Bonchev–Trinajstić information content (AvgIpc) is 3.41. The van der Waals surface area contributed by atoms with E-state index in [-0.39, 0.29) is 0 Å². The summed E-state index contributed by atoms with van der Waals surface area (Å²) in [5, 5.41) is 21.8. The van der Waals surface area contributed by atoms with Crippen molar-refractivity contribution in [2.45, 2.75) is 32.6 Å². The first-order chi connectivity index (χ1) is 22.1. The topological polar surface area (TPSA) is 52.5 Å². The highest BCUT2D eigenvalue weighted by Gasteiger charge is 2.23. The molecule has 0 amide bonds. The van der Waals surface area contributed by atoms with Gasteiger partial charge in [0, 0.05) is 16.5 Å². The minimum absolute atomic E-state index is 0.374. The maximum absolute atomic E-state index is 10.1. The summed E-state index contributed by atoms with van der Waals surface area (Å²) in [6, 6.07) is 33.9. The first-order valence-electron chi connectivity index (χ1n) is 15.7. The summed E-state index contributed by atoms with van der Waals surface area (Å²) >= 11 is 0. The second-order valence-corrected chi connectivity index (χ2v) is 12.4. The monoisotopic (exact) mass is 577 g/mol. The molecule has 3 heteroatoms. The summed E-state index contributed by atoms with van der Waals surface area (Å²) in [5.41, 5.74) is 14.9. The summed E-state index contributed by atoms with van der Waals surface area (Å²) in [6.45, 7) is 2.28. The highest BCUT2D eigenvalue weighted by molar-refractivity contribution is 6.09. The molecule has 3 nitrogen and oxygen atoms in total. The van der Waals surface area contributed by atoms with E-state index >= 15 is 0 Å². The molecule has 0 spiro atoms. The number of hydrogen-bond donors (Lipinski definition) is 0. The van der Waals surface area contributed by atoms with Crippen molar-refractivity contribution in [1.82, 2.24) is 4.57 Å². The van der Waals surface area contributed by atoms with Crippen molar-refractivity contribution in [3.63, 3.8) is 0 Å². The Kier molecular flexibility index (Phi) is 6.48. The molecule has 4 aromatic carbocycles. The number of para-hydroxylation sites is 1. The van der Waals surface area contributed by atoms with Crippen LogP contribution in [-0.4, -0.2) is 4.57 Å². The molecule has 0 saturated heterocycles. The highest BCUT2D eigenvalue weighted by atomic mass is 15.0. The van der Waals surface area contributed by atoms with E-state index in [1.54, 1.807) is 0 Å². The number of nitrogens with zero attached hydrogens (tertiary/aromatic N) is 3. The summed E-state index contributed by atoms with van der Waals surface area (Å²) in [6.07, 6.45) is 15.9. The predicted octanol–water partition coefficient (Wildman–Crippen LogP) is 10.2. The van der Waals surface area contributed by atoms with Crippen molar-refractivity contribution < 1.29 is 0 Å². The Morgan fingerprint density at radius 1 is 0.844 bits per heavy atom. The van der Waals surface area contributed by atoms with E-state index in [1.165, 1.54) is 33.4 Å². The van der Waals surface area contributed by atoms with Gasteiger partial charge in [-0.25, -0.2) is 0 Å². The minimum Gasteiger partial charge on any atom is -0.309 e. The third-order valence-electron chi connectivity index (χ3n) is 9.41. The Morgan fingerprint density at radius 2 is 1.67 bits per heavy atom. The molecular weight excluding hydrogens is 546 g/mol. The fourth-order valence-electron chi connectivity index (χ4n) is 7.48. The summed E-state index contributed by atoms with van der Waals surface area (Å²) < 4.78 is 2.22. The normalized spacial score (nSPS) is 18.3. The Morgan fingerprint density at radius 3 is 2.56 bits per heavy atom. The van der Waals surface area contributed by atoms with Gasteiger partial charge in [0.05, 0.1) is 34.3 Å². The van der Waals surface area contributed by atoms with E-state index in [1.807, 2.05) is 42.5 Å². The van der Waals surface area contributed by atoms with Gasteiger partial charge >= 0.3 is 0 Å². The van der Waals surface area contributed by atoms with Gasteiger partial charge in [0.25, 0.3) is 0 Å². The number of benzene rings is 4. The van der Waals surface area contributed by atoms with Gasteiger partial charge in [0.1, 0.15) is 0 Å². The minimum atomic E-state index is 0.374. The fourth-order valence-corrected chi connectivity index (χ4v) is 7.48. The van der Waals surface area contributed by atoms with Crippen LogP contribution in [0.25, 0.3) is 38.6 Å². The molecular formula is C42H31N3. The number of fused-ring (bicyclic) bond motifs is 5. The van der Waals surface area contributed by atoms with Crippen molar-refractivity contribution in [2.75, 3.05) is 0 Å². The van der Waals surface area contributed by atoms with Crippen LogP contribution in [0.15, 0.2) is 132 Å². The van der Waals surface area contributed by atoms with Gasteiger partial charge in [-0.15, -0.1) is 0 Å². The molecule has 1 heterocycles. The van der Waals surface area contributed by atoms with Crippen LogP contribution < -0.4 is 0 Å². The molecule has 3 aliphatic rings. The first-order valence-corrected chi connectivity index (χ1v) is 15.7. The third-order valence-corrected chi connectivity index (χ3v) is 9.41. The van der Waals surface area contributed by atoms with Gasteiger partial charge in [-0.05, 0) is 119 Å². The van der Waals surface area contributed by atoms with Crippen molar-refractivity contribution in [1.29, 1.82) is 10.5 Å². The van der Waals surface area contributed by atoms with Crippen LogP contribution in [0.4, 0.5) is 0 Å². The van der Waals surface area contributed by atoms with Gasteiger partial charge in [0.2, 0.25) is 0 Å². The first kappa shape index (κ1) is 26.9. The van der Waals surface area contributed by atoms with E-state index in [9.17, 15) is 10.5 Å². The Hall–Kier alpha value is -5.64. The van der Waals surface area contributed by atoms with E-state index in [0.29, 0.717) is 17.0 Å². The average molecular weight is 578 g/mol. The lowest BCUT2D eigenvalue weighted by Gasteiger charge is -2.27. The Labute approximate surface area is 263 Å². The number of aromatic nitrogens is 1. The van der Waals surface area contributed by atoms with Gasteiger partial charge in [-0.1, -0.05) is 79.8 Å². The second kappa shape index (κ2) is 10.8. The molecule has 0 N–H and O–H groups in total. The quantitative estimate of drug-likeness (QED) is 0.214. The van der Waals surface area contributed by atoms with Crippen LogP contribution in [0.1, 0.15) is 54.0 Å². The van der Waals surface area contributed by atoms with E-state index in [4.69, 9.17) is 0 Å². The molecule has 0 saturated carbocycles. The second-order valence-electron chi connectivity index (χ2n) is 12.4. The Balaban J connectivity index is 1.25. The SMILES string of the molecule is CC1C=C(c2cc(C#N)cc(-n3c4ccccc4c4cc(C#N)ccc43)c2)C=C(/C=C2/Cc3ccccc3C3=C2CCC=C3)C1. The maximum Gasteiger partial charge on any atom is 0.0992 e. The van der Waals surface area contributed by atoms with E-state index < -0.39 is 0 Å². The predicted molar refractivity (Wildman–Crippen MR) is 184 cm³/mol. The number of nitriles is 2. The zero-order valence-corrected chi connectivity index (χ0v) is 25.2. The lowest BCUT2D eigenvalue weighted by molar-refractivity contribution is 0.720. The van der Waals surface area contributed by atoms with Gasteiger partial charge in [-0.3, -0.25) is 0 Å². The molecule has 1 aromatic heterocycles. The standard InChI is InChI=1S/C42H31N3/c1-27-16-29(19-34-23-31-8-2-3-9-36(31)38-11-5-4-10-37(34)38)18-32(17-27)33-20-30(26-44)21-35(24-33)45-41-13-7-6-12-39(41)40-22-28(25-43)14-15-42(40)45/h2-3,5-9,11-15,17-22,24,27H,4,10,16,23H2,1H3/b34-19-. The molecule has 1 atom stereocenters. The van der Waals surface area contributed by atoms with Crippen molar-refractivity contribution in [3.05, 3.63) is 160 Å². The van der Waals surface area contributed by atoms with Crippen LogP contribution in [-0.2, 0) is 6.42 Å². The smallest absolute Gasteiger partial charge is 0.0992 e. The third kappa shape index (κ3) is 4.66. The van der Waals surface area contributed by atoms with Gasteiger partial charge in [0.15, 0.2) is 0 Å². The summed E-state index contributed by atoms with van der Waals surface area (Å²) in [4.78, 5) is 0. The molecule has 0 bridgehead atoms. The molecule has 0 aliphatic heterocycles. The lowest BCUT2D eigenvalue weighted by atomic mass is 9.77. The van der Waals surface area contributed by atoms with Crippen LogP contribution in [0.3, 0.4) is 0 Å². The molecule has 5 aromatic rings. The molecule has 1 unspecified atom stereocenters. The van der Waals surface area contributed by atoms with Gasteiger partial charge < -0.3 is 4.57 Å².